The molecule has 2 rings (SSSR count). The molecule has 0 bridgehead atoms. The van der Waals surface area contributed by atoms with Gasteiger partial charge in [-0.2, -0.15) is 0 Å². The quantitative estimate of drug-likeness (QED) is 0.678. The summed E-state index contributed by atoms with van der Waals surface area (Å²) in [7, 11) is 0. The fraction of sp³-hybridized carbons (Fsp3) is 0.200. The molecule has 3 heteroatoms. The van der Waals surface area contributed by atoms with E-state index < -0.39 is 11.7 Å². The van der Waals surface area contributed by atoms with Gasteiger partial charge in [0, 0.05) is 10.6 Å². The normalized spacial score (nSPS) is 16.9. The van der Waals surface area contributed by atoms with Crippen LogP contribution in [0.4, 0.5) is 8.78 Å². The van der Waals surface area contributed by atoms with Gasteiger partial charge in [0.05, 0.1) is 0 Å². The van der Waals surface area contributed by atoms with E-state index in [1.54, 1.807) is 24.8 Å². The number of fused-ring (bicyclic) bond motifs is 1. The maximum absolute atomic E-state index is 13.8. The molecule has 0 N–H and O–H groups in total. The molecule has 0 spiro atoms. The number of rotatable bonds is 2. The summed E-state index contributed by atoms with van der Waals surface area (Å²) in [5, 5.41) is 0. The van der Waals surface area contributed by atoms with E-state index in [1.807, 2.05) is 24.3 Å². The van der Waals surface area contributed by atoms with E-state index in [-0.39, 0.29) is 0 Å². The van der Waals surface area contributed by atoms with E-state index in [0.29, 0.717) is 17.7 Å². The summed E-state index contributed by atoms with van der Waals surface area (Å²) in [6, 6.07) is 7.96. The van der Waals surface area contributed by atoms with Gasteiger partial charge in [-0.15, -0.1) is 11.8 Å². The highest BCUT2D eigenvalue weighted by atomic mass is 32.2. The molecule has 0 aromatic heterocycles. The van der Waals surface area contributed by atoms with Crippen LogP contribution in [-0.2, 0) is 6.42 Å². The van der Waals surface area contributed by atoms with Crippen molar-refractivity contribution < 1.29 is 8.78 Å². The molecule has 94 valence electrons. The Hall–Kier alpha value is -1.35. The van der Waals surface area contributed by atoms with Crippen LogP contribution in [0, 0.1) is 0 Å². The molecular formula is C15H14F2S. The van der Waals surface area contributed by atoms with E-state index in [0.717, 1.165) is 16.5 Å². The lowest BCUT2D eigenvalue weighted by molar-refractivity contribution is 0.564. The monoisotopic (exact) mass is 264 g/mol. The Morgan fingerprint density at radius 3 is 2.83 bits per heavy atom. The Morgan fingerprint density at radius 2 is 2.06 bits per heavy atom. The molecule has 0 saturated heterocycles. The van der Waals surface area contributed by atoms with E-state index in [2.05, 4.69) is 0 Å². The third kappa shape index (κ3) is 2.91. The predicted molar refractivity (Wildman–Crippen MR) is 73.0 cm³/mol. The molecule has 1 heterocycles. The number of allylic oxidation sites excluding steroid dienone is 5. The van der Waals surface area contributed by atoms with Gasteiger partial charge in [0.2, 0.25) is 0 Å². The van der Waals surface area contributed by atoms with Crippen molar-refractivity contribution in [3.63, 3.8) is 0 Å². The smallest absolute Gasteiger partial charge is 0.162 e. The molecule has 1 aliphatic rings. The van der Waals surface area contributed by atoms with Crippen molar-refractivity contribution in [2.45, 2.75) is 18.2 Å². The van der Waals surface area contributed by atoms with Crippen LogP contribution >= 0.6 is 11.8 Å². The van der Waals surface area contributed by atoms with Gasteiger partial charge in [0.1, 0.15) is 0 Å². The summed E-state index contributed by atoms with van der Waals surface area (Å²) < 4.78 is 27.3. The largest absolute Gasteiger partial charge is 0.204 e. The van der Waals surface area contributed by atoms with Crippen LogP contribution in [0.5, 0.6) is 0 Å². The topological polar surface area (TPSA) is 0 Å². The van der Waals surface area contributed by atoms with Crippen LogP contribution in [0.2, 0.25) is 0 Å². The zero-order valence-corrected chi connectivity index (χ0v) is 10.9. The van der Waals surface area contributed by atoms with E-state index in [1.165, 1.54) is 6.08 Å². The van der Waals surface area contributed by atoms with Crippen molar-refractivity contribution in [2.24, 2.45) is 0 Å². The summed E-state index contributed by atoms with van der Waals surface area (Å²) >= 11 is 1.55. The fourth-order valence-corrected chi connectivity index (χ4v) is 2.85. The summed E-state index contributed by atoms with van der Waals surface area (Å²) in [6.07, 6.45) is 5.07. The molecular weight excluding hydrogens is 250 g/mol. The van der Waals surface area contributed by atoms with Gasteiger partial charge in [0.15, 0.2) is 11.7 Å². The molecule has 1 aliphatic heterocycles. The second-order valence-corrected chi connectivity index (χ2v) is 5.01. The van der Waals surface area contributed by atoms with Crippen LogP contribution in [0.3, 0.4) is 0 Å². The lowest BCUT2D eigenvalue weighted by Crippen LogP contribution is -1.90. The van der Waals surface area contributed by atoms with Gasteiger partial charge < -0.3 is 0 Å². The molecule has 0 saturated carbocycles. The van der Waals surface area contributed by atoms with E-state index in [9.17, 15) is 8.78 Å². The third-order valence-corrected chi connectivity index (χ3v) is 3.89. The number of halogens is 2. The van der Waals surface area contributed by atoms with Crippen molar-refractivity contribution in [1.82, 2.24) is 0 Å². The van der Waals surface area contributed by atoms with Crippen molar-refractivity contribution in [3.05, 3.63) is 65.3 Å². The van der Waals surface area contributed by atoms with Crippen LogP contribution in [0.1, 0.15) is 12.5 Å². The Bertz CT molecular complexity index is 527. The average Bonchev–Trinajstić information content (AvgIpc) is 2.60. The highest BCUT2D eigenvalue weighted by Gasteiger charge is 2.14. The first-order valence-electron chi connectivity index (χ1n) is 5.80. The van der Waals surface area contributed by atoms with Gasteiger partial charge in [-0.25, -0.2) is 8.78 Å². The second kappa shape index (κ2) is 6.01. The highest BCUT2D eigenvalue weighted by Crippen LogP contribution is 2.32. The molecule has 1 aromatic carbocycles. The van der Waals surface area contributed by atoms with Gasteiger partial charge >= 0.3 is 0 Å². The van der Waals surface area contributed by atoms with Crippen molar-refractivity contribution >= 4 is 11.8 Å². The third-order valence-electron chi connectivity index (χ3n) is 2.73. The standard InChI is InChI=1S/C15H14F2S/c1-2-5-13(16)15(17)12-9-8-11-6-3-4-7-14(11)18-10-12/h2-7,9H,8,10H2,1H3/b5-2-,15-13-. The molecule has 1 aromatic rings. The van der Waals surface area contributed by atoms with Crippen molar-refractivity contribution in [1.29, 1.82) is 0 Å². The fourth-order valence-electron chi connectivity index (χ4n) is 1.79. The van der Waals surface area contributed by atoms with Gasteiger partial charge in [-0.1, -0.05) is 30.4 Å². The molecule has 0 amide bonds. The predicted octanol–water partition coefficient (Wildman–Crippen LogP) is 4.99. The van der Waals surface area contributed by atoms with E-state index >= 15 is 0 Å². The number of thioether (sulfide) groups is 1. The van der Waals surface area contributed by atoms with Crippen molar-refractivity contribution in [2.75, 3.05) is 5.75 Å². The van der Waals surface area contributed by atoms with Crippen LogP contribution in [0.15, 0.2) is 64.6 Å². The molecule has 0 atom stereocenters. The second-order valence-electron chi connectivity index (χ2n) is 3.99. The summed E-state index contributed by atoms with van der Waals surface area (Å²) in [5.74, 6) is -1.07. The molecule has 0 fully saturated rings. The van der Waals surface area contributed by atoms with Crippen LogP contribution in [0.25, 0.3) is 0 Å². The van der Waals surface area contributed by atoms with Gasteiger partial charge in [-0.3, -0.25) is 0 Å². The Morgan fingerprint density at radius 1 is 1.28 bits per heavy atom. The van der Waals surface area contributed by atoms with Gasteiger partial charge in [0.25, 0.3) is 0 Å². The van der Waals surface area contributed by atoms with Gasteiger partial charge in [-0.05, 0) is 36.6 Å². The summed E-state index contributed by atoms with van der Waals surface area (Å²) in [4.78, 5) is 1.14. The SMILES string of the molecule is C/C=C\C(F)=C(\F)C1=CCc2ccccc2SC1. The van der Waals surface area contributed by atoms with Crippen molar-refractivity contribution in [3.8, 4) is 0 Å². The lowest BCUT2D eigenvalue weighted by atomic mass is 10.1. The first-order valence-corrected chi connectivity index (χ1v) is 6.79. The maximum atomic E-state index is 13.8. The van der Waals surface area contributed by atoms with Crippen LogP contribution in [-0.4, -0.2) is 5.75 Å². The zero-order valence-electron chi connectivity index (χ0n) is 10.1. The number of benzene rings is 1. The molecule has 0 unspecified atom stereocenters. The number of hydrogen-bond acceptors (Lipinski definition) is 1. The first-order chi connectivity index (χ1) is 8.72. The highest BCUT2D eigenvalue weighted by molar-refractivity contribution is 7.99. The average molecular weight is 264 g/mol. The first kappa shape index (κ1) is 13.1. The lowest BCUT2D eigenvalue weighted by Gasteiger charge is -2.03. The minimum Gasteiger partial charge on any atom is -0.204 e. The number of hydrogen-bond donors (Lipinski definition) is 0. The Balaban J connectivity index is 2.25. The Labute approximate surface area is 110 Å². The minimum absolute atomic E-state index is 0.437. The molecule has 0 aliphatic carbocycles. The molecule has 0 nitrogen and oxygen atoms in total. The summed E-state index contributed by atoms with van der Waals surface area (Å²) in [5.41, 5.74) is 1.60. The molecule has 0 radical (unpaired) electrons. The van der Waals surface area contributed by atoms with Crippen LogP contribution < -0.4 is 0 Å². The maximum Gasteiger partial charge on any atom is 0.162 e. The minimum atomic E-state index is -0.796. The van der Waals surface area contributed by atoms with E-state index in [4.69, 9.17) is 0 Å². The Kier molecular flexibility index (Phi) is 4.37. The zero-order chi connectivity index (χ0) is 13.0. The molecule has 18 heavy (non-hydrogen) atoms. The summed E-state index contributed by atoms with van der Waals surface area (Å²) in [6.45, 7) is 1.67.